The van der Waals surface area contributed by atoms with Gasteiger partial charge in [0.05, 0.1) is 73.2 Å². The first-order valence-corrected chi connectivity index (χ1v) is 22.4. The van der Waals surface area contributed by atoms with Gasteiger partial charge < -0.3 is 44.7 Å². The summed E-state index contributed by atoms with van der Waals surface area (Å²) in [5.41, 5.74) is 6.67. The van der Waals surface area contributed by atoms with Crippen LogP contribution in [0, 0.1) is 0 Å². The number of carbonyl (C=O) groups is 2. The van der Waals surface area contributed by atoms with E-state index in [2.05, 4.69) is 47.9 Å². The van der Waals surface area contributed by atoms with Crippen molar-refractivity contribution in [1.82, 2.24) is 35.2 Å². The van der Waals surface area contributed by atoms with E-state index in [9.17, 15) is 19.8 Å². The molecule has 2 fully saturated rings. The van der Waals surface area contributed by atoms with Crippen LogP contribution in [0.4, 0.5) is 11.4 Å². The van der Waals surface area contributed by atoms with E-state index in [0.717, 1.165) is 71.5 Å². The lowest BCUT2D eigenvalue weighted by Crippen LogP contribution is -2.55. The summed E-state index contributed by atoms with van der Waals surface area (Å²) in [5.74, 6) is 0.379. The third-order valence-corrected chi connectivity index (χ3v) is 13.2. The molecule has 2 amide bonds. The van der Waals surface area contributed by atoms with E-state index >= 15 is 0 Å². The zero-order valence-corrected chi connectivity index (χ0v) is 35.5. The maximum atomic E-state index is 14.1. The standard InChI is InChI=1S/C49H53N9O6/c59-42-10-3-1-7-38(42)52-48(61)46-30-57(28-32-12-17-35(18-13-32)55-24-22-50-31-55)41-21-16-34(26-44(41)64-46)37-6-5-8-39(47(37)60)53-49(62)45-29-56(40-9-2-4-11-43(40)63-45)27-33-14-19-36(20-15-33)58-25-23-51-54-58/h2,4,9,11-26,31,37-39,42,45-47,59-60H,1,3,5-8,10,27-30H2,(H,52,61)(H,53,62). The summed E-state index contributed by atoms with van der Waals surface area (Å²) in [6.07, 6.45) is 11.2. The number of ether oxygens (including phenoxy) is 2. The smallest absolute Gasteiger partial charge is 0.263 e. The van der Waals surface area contributed by atoms with Gasteiger partial charge >= 0.3 is 0 Å². The average Bonchev–Trinajstić information content (AvgIpc) is 4.07. The second kappa shape index (κ2) is 18.2. The minimum Gasteiger partial charge on any atom is -0.477 e. The van der Waals surface area contributed by atoms with Gasteiger partial charge in [-0.25, -0.2) is 9.67 Å². The summed E-state index contributed by atoms with van der Waals surface area (Å²) in [5, 5.41) is 36.9. The summed E-state index contributed by atoms with van der Waals surface area (Å²) >= 11 is 0. The summed E-state index contributed by atoms with van der Waals surface area (Å²) in [6, 6.07) is 29.3. The number of anilines is 2. The van der Waals surface area contributed by atoms with Gasteiger partial charge in [-0.1, -0.05) is 66.9 Å². The predicted octanol–water partition coefficient (Wildman–Crippen LogP) is 5.22. The first-order valence-electron chi connectivity index (χ1n) is 22.4. The Kier molecular flexibility index (Phi) is 11.7. The number of benzene rings is 4. The van der Waals surface area contributed by atoms with Crippen LogP contribution in [0.25, 0.3) is 11.4 Å². The molecule has 0 bridgehead atoms. The maximum Gasteiger partial charge on any atom is 0.263 e. The number of aliphatic hydroxyl groups is 2. The first kappa shape index (κ1) is 41.3. The largest absolute Gasteiger partial charge is 0.477 e. The summed E-state index contributed by atoms with van der Waals surface area (Å²) in [7, 11) is 0. The van der Waals surface area contributed by atoms with Crippen molar-refractivity contribution in [3.63, 3.8) is 0 Å². The number of nitrogens with zero attached hydrogens (tertiary/aromatic N) is 7. The number of aliphatic hydroxyl groups excluding tert-OH is 2. The molecule has 7 unspecified atom stereocenters. The topological polar surface area (TPSA) is 172 Å². The predicted molar refractivity (Wildman–Crippen MR) is 240 cm³/mol. The fourth-order valence-corrected chi connectivity index (χ4v) is 9.74. The average molecular weight is 864 g/mol. The Hall–Kier alpha value is -6.71. The number of nitrogens with one attached hydrogen (secondary N) is 2. The SMILES string of the molecule is O=C(NC1CCCCC1O)C1CN(Cc2ccc(-n3ccnc3)cc2)c2ccc(C3CCCC(NC(=O)C4CN(Cc5ccc(-n6ccnn6)cc5)c5ccccc5O4)C3O)cc2O1. The van der Waals surface area contributed by atoms with Crippen molar-refractivity contribution in [2.24, 2.45) is 0 Å². The molecule has 2 saturated carbocycles. The number of rotatable bonds is 11. The monoisotopic (exact) mass is 863 g/mol. The highest BCUT2D eigenvalue weighted by atomic mass is 16.5. The van der Waals surface area contributed by atoms with Crippen molar-refractivity contribution >= 4 is 23.2 Å². The van der Waals surface area contributed by atoms with E-state index in [1.54, 1.807) is 29.6 Å². The van der Waals surface area contributed by atoms with Gasteiger partial charge in [-0.05, 0) is 90.9 Å². The Balaban J connectivity index is 0.843. The lowest BCUT2D eigenvalue weighted by Gasteiger charge is -2.40. The number of amides is 2. The van der Waals surface area contributed by atoms with Gasteiger partial charge in [0, 0.05) is 37.1 Å². The van der Waals surface area contributed by atoms with E-state index in [-0.39, 0.29) is 23.8 Å². The molecule has 4 N–H and O–H groups in total. The molecule has 4 aliphatic rings. The molecule has 7 atom stereocenters. The highest BCUT2D eigenvalue weighted by molar-refractivity contribution is 5.84. The number of para-hydroxylation sites is 2. The number of hydrogen-bond acceptors (Lipinski definition) is 11. The maximum absolute atomic E-state index is 14.1. The molecule has 2 aliphatic carbocycles. The minimum absolute atomic E-state index is 0.255. The molecule has 64 heavy (non-hydrogen) atoms. The molecule has 4 heterocycles. The molecule has 15 heteroatoms. The number of carbonyl (C=O) groups excluding carboxylic acids is 2. The van der Waals surface area contributed by atoms with Crippen molar-refractivity contribution in [3.8, 4) is 22.9 Å². The number of fused-ring (bicyclic) bond motifs is 2. The highest BCUT2D eigenvalue weighted by Gasteiger charge is 2.39. The van der Waals surface area contributed by atoms with E-state index in [0.29, 0.717) is 50.5 Å². The zero-order chi connectivity index (χ0) is 43.6. The third kappa shape index (κ3) is 8.77. The second-order valence-electron chi connectivity index (χ2n) is 17.4. The molecule has 0 radical (unpaired) electrons. The van der Waals surface area contributed by atoms with E-state index in [1.165, 1.54) is 0 Å². The van der Waals surface area contributed by atoms with Crippen LogP contribution in [-0.4, -0.2) is 96.2 Å². The van der Waals surface area contributed by atoms with Gasteiger partial charge in [0.2, 0.25) is 0 Å². The molecule has 0 spiro atoms. The van der Waals surface area contributed by atoms with Crippen LogP contribution >= 0.6 is 0 Å². The quantitative estimate of drug-likeness (QED) is 0.135. The fraction of sp³-hybridized carbons (Fsp3) is 0.367. The second-order valence-corrected chi connectivity index (χ2v) is 17.4. The van der Waals surface area contributed by atoms with Crippen molar-refractivity contribution < 1.29 is 29.3 Å². The summed E-state index contributed by atoms with van der Waals surface area (Å²) < 4.78 is 16.5. The lowest BCUT2D eigenvalue weighted by molar-refractivity contribution is -0.130. The Morgan fingerprint density at radius 2 is 1.33 bits per heavy atom. The Bertz CT molecular complexity index is 2530. The number of imidazole rings is 1. The Morgan fingerprint density at radius 3 is 2.02 bits per heavy atom. The van der Waals surface area contributed by atoms with Gasteiger partial charge in [-0.3, -0.25) is 9.59 Å². The molecule has 10 rings (SSSR count). The van der Waals surface area contributed by atoms with Crippen molar-refractivity contribution in [2.45, 2.75) is 100 Å². The van der Waals surface area contributed by atoms with Crippen LogP contribution in [0.2, 0.25) is 0 Å². The minimum atomic E-state index is -0.869. The molecule has 15 nitrogen and oxygen atoms in total. The van der Waals surface area contributed by atoms with Crippen molar-refractivity contribution in [1.29, 1.82) is 0 Å². The van der Waals surface area contributed by atoms with Gasteiger partial charge in [-0.2, -0.15) is 0 Å². The van der Waals surface area contributed by atoms with Crippen LogP contribution in [0.5, 0.6) is 11.5 Å². The fourth-order valence-electron chi connectivity index (χ4n) is 9.74. The molecule has 0 saturated heterocycles. The third-order valence-electron chi connectivity index (χ3n) is 13.2. The van der Waals surface area contributed by atoms with Gasteiger partial charge in [-0.15, -0.1) is 5.10 Å². The highest BCUT2D eigenvalue weighted by Crippen LogP contribution is 2.41. The van der Waals surface area contributed by atoms with Crippen LogP contribution in [0.1, 0.15) is 67.6 Å². The molecule has 6 aromatic rings. The van der Waals surface area contributed by atoms with Crippen LogP contribution in [0.3, 0.4) is 0 Å². The Labute approximate surface area is 371 Å². The first-order chi connectivity index (χ1) is 31.3. The van der Waals surface area contributed by atoms with E-state index in [1.807, 2.05) is 89.6 Å². The van der Waals surface area contributed by atoms with E-state index in [4.69, 9.17) is 9.47 Å². The normalized spacial score (nSPS) is 24.1. The molecule has 330 valence electrons. The number of aromatic nitrogens is 5. The lowest BCUT2D eigenvalue weighted by atomic mass is 9.78. The Morgan fingerprint density at radius 1 is 0.672 bits per heavy atom. The summed E-state index contributed by atoms with van der Waals surface area (Å²) in [4.78, 5) is 36.4. The molecule has 4 aromatic carbocycles. The van der Waals surface area contributed by atoms with Crippen molar-refractivity contribution in [2.75, 3.05) is 22.9 Å². The van der Waals surface area contributed by atoms with E-state index < -0.39 is 30.5 Å². The molecule has 2 aromatic heterocycles. The summed E-state index contributed by atoms with van der Waals surface area (Å²) in [6.45, 7) is 1.77. The molecular formula is C49H53N9O6. The van der Waals surface area contributed by atoms with Gasteiger partial charge in [0.15, 0.2) is 12.2 Å². The van der Waals surface area contributed by atoms with Crippen LogP contribution in [0.15, 0.2) is 122 Å². The van der Waals surface area contributed by atoms with Gasteiger partial charge in [0.1, 0.15) is 11.5 Å². The van der Waals surface area contributed by atoms with Gasteiger partial charge in [0.25, 0.3) is 11.8 Å². The van der Waals surface area contributed by atoms with Crippen molar-refractivity contribution in [3.05, 3.63) is 139 Å². The molecular weight excluding hydrogens is 811 g/mol. The zero-order valence-electron chi connectivity index (χ0n) is 35.5. The van der Waals surface area contributed by atoms with Crippen LogP contribution < -0.4 is 29.9 Å². The number of hydrogen-bond donors (Lipinski definition) is 4. The van der Waals surface area contributed by atoms with Crippen LogP contribution in [-0.2, 0) is 22.7 Å². The molecule has 2 aliphatic heterocycles.